The van der Waals surface area contributed by atoms with Gasteiger partial charge in [-0.05, 0) is 25.9 Å². The van der Waals surface area contributed by atoms with E-state index in [0.717, 1.165) is 26.1 Å². The normalized spacial score (nSPS) is 21.1. The summed E-state index contributed by atoms with van der Waals surface area (Å²) < 4.78 is 1.25. The molecule has 106 valence electrons. The number of likely N-dealkylation sites (N-methyl/N-ethyl adjacent to an activating group) is 1. The predicted molar refractivity (Wildman–Crippen MR) is 77.9 cm³/mol. The maximum atomic E-state index is 11.7. The molecule has 1 atom stereocenters. The molecule has 5 nitrogen and oxygen atoms in total. The molecule has 0 aliphatic carbocycles. The van der Waals surface area contributed by atoms with Crippen molar-refractivity contribution in [1.82, 2.24) is 14.7 Å². The number of hydrogen-bond donors (Lipinski definition) is 1. The molecule has 0 saturated carbocycles. The Labute approximate surface area is 118 Å². The van der Waals surface area contributed by atoms with Crippen LogP contribution in [0.1, 0.15) is 26.2 Å². The van der Waals surface area contributed by atoms with Crippen molar-refractivity contribution in [2.24, 2.45) is 7.05 Å². The lowest BCUT2D eigenvalue weighted by Crippen LogP contribution is -2.35. The second kappa shape index (κ2) is 6.39. The number of anilines is 1. The van der Waals surface area contributed by atoms with Gasteiger partial charge in [-0.25, -0.2) is 4.68 Å². The number of hydrogen-bond acceptors (Lipinski definition) is 4. The number of nitrogens with zero attached hydrogens (tertiary/aromatic N) is 3. The van der Waals surface area contributed by atoms with Gasteiger partial charge in [-0.1, -0.05) is 24.9 Å². The molecule has 1 N–H and O–H groups in total. The Morgan fingerprint density at radius 2 is 2.32 bits per heavy atom. The topological polar surface area (TPSA) is 50.2 Å². The molecule has 1 aliphatic rings. The van der Waals surface area contributed by atoms with Crippen LogP contribution in [0.3, 0.4) is 0 Å². The molecule has 0 spiro atoms. The van der Waals surface area contributed by atoms with E-state index >= 15 is 0 Å². The highest BCUT2D eigenvalue weighted by Crippen LogP contribution is 2.20. The molecule has 2 heterocycles. The van der Waals surface area contributed by atoms with Crippen LogP contribution in [0.4, 0.5) is 5.69 Å². The van der Waals surface area contributed by atoms with Crippen molar-refractivity contribution < 1.29 is 0 Å². The molecule has 19 heavy (non-hydrogen) atoms. The summed E-state index contributed by atoms with van der Waals surface area (Å²) in [5.74, 6) is 0. The third-order valence-corrected chi connectivity index (χ3v) is 4.01. The Kier molecular flexibility index (Phi) is 4.82. The first-order chi connectivity index (χ1) is 9.11. The summed E-state index contributed by atoms with van der Waals surface area (Å²) in [5.41, 5.74) is 0.389. The SMILES string of the molecule is CCN1CCCCC(Nc2cnn(C)c(=O)c2Cl)C1. The molecule has 0 bridgehead atoms. The van der Waals surface area contributed by atoms with Gasteiger partial charge < -0.3 is 10.2 Å². The highest BCUT2D eigenvalue weighted by molar-refractivity contribution is 6.32. The highest BCUT2D eigenvalue weighted by atomic mass is 35.5. The number of aromatic nitrogens is 2. The molecular weight excluding hydrogens is 264 g/mol. The van der Waals surface area contributed by atoms with E-state index in [2.05, 4.69) is 22.2 Å². The zero-order valence-corrected chi connectivity index (χ0v) is 12.3. The van der Waals surface area contributed by atoms with Crippen LogP contribution in [0, 0.1) is 0 Å². The lowest BCUT2D eigenvalue weighted by molar-refractivity contribution is 0.292. The summed E-state index contributed by atoms with van der Waals surface area (Å²) in [4.78, 5) is 14.2. The van der Waals surface area contributed by atoms with E-state index in [1.165, 1.54) is 17.5 Å². The Balaban J connectivity index is 2.12. The van der Waals surface area contributed by atoms with Crippen LogP contribution in [0.5, 0.6) is 0 Å². The van der Waals surface area contributed by atoms with Crippen molar-refractivity contribution in [2.45, 2.75) is 32.2 Å². The third kappa shape index (κ3) is 3.48. The minimum absolute atomic E-state index is 0.227. The zero-order valence-electron chi connectivity index (χ0n) is 11.5. The number of rotatable bonds is 3. The number of nitrogens with one attached hydrogen (secondary N) is 1. The van der Waals surface area contributed by atoms with Gasteiger partial charge >= 0.3 is 0 Å². The number of likely N-dealkylation sites (tertiary alicyclic amines) is 1. The molecule has 0 radical (unpaired) electrons. The number of aryl methyl sites for hydroxylation is 1. The molecule has 1 unspecified atom stereocenters. The molecule has 0 aromatic carbocycles. The van der Waals surface area contributed by atoms with Crippen molar-refractivity contribution in [3.05, 3.63) is 21.6 Å². The van der Waals surface area contributed by atoms with Crippen LogP contribution in [0.15, 0.2) is 11.0 Å². The standard InChI is InChI=1S/C13H21ClN4O/c1-3-18-7-5-4-6-10(9-18)16-11-8-15-17(2)13(19)12(11)14/h8,10,16H,3-7,9H2,1-2H3. The van der Waals surface area contributed by atoms with Gasteiger partial charge in [0.2, 0.25) is 0 Å². The highest BCUT2D eigenvalue weighted by Gasteiger charge is 2.18. The molecule has 6 heteroatoms. The monoisotopic (exact) mass is 284 g/mol. The minimum Gasteiger partial charge on any atom is -0.378 e. The third-order valence-electron chi connectivity index (χ3n) is 3.64. The van der Waals surface area contributed by atoms with Gasteiger partial charge in [-0.15, -0.1) is 0 Å². The summed E-state index contributed by atoms with van der Waals surface area (Å²) in [5, 5.41) is 7.61. The Morgan fingerprint density at radius 3 is 3.05 bits per heavy atom. The van der Waals surface area contributed by atoms with Crippen LogP contribution in [0.25, 0.3) is 0 Å². The fraction of sp³-hybridized carbons (Fsp3) is 0.692. The van der Waals surface area contributed by atoms with E-state index in [-0.39, 0.29) is 10.6 Å². The summed E-state index contributed by atoms with van der Waals surface area (Å²) in [6, 6.07) is 0.328. The Hall–Kier alpha value is -1.07. The van der Waals surface area contributed by atoms with Gasteiger partial charge in [0.15, 0.2) is 0 Å². The van der Waals surface area contributed by atoms with Gasteiger partial charge in [-0.3, -0.25) is 4.79 Å². The molecule has 0 amide bonds. The summed E-state index contributed by atoms with van der Waals surface area (Å²) in [7, 11) is 1.60. The first kappa shape index (κ1) is 14.3. The molecule has 1 saturated heterocycles. The molecule has 1 aromatic rings. The average Bonchev–Trinajstić information content (AvgIpc) is 2.64. The summed E-state index contributed by atoms with van der Waals surface area (Å²) in [6.07, 6.45) is 5.16. The second-order valence-corrected chi connectivity index (χ2v) is 5.41. The minimum atomic E-state index is -0.257. The second-order valence-electron chi connectivity index (χ2n) is 5.03. The smallest absolute Gasteiger partial charge is 0.287 e. The van der Waals surface area contributed by atoms with E-state index in [4.69, 9.17) is 11.6 Å². The van der Waals surface area contributed by atoms with Crippen molar-refractivity contribution in [2.75, 3.05) is 25.0 Å². The fourth-order valence-electron chi connectivity index (χ4n) is 2.46. The molecule has 2 rings (SSSR count). The Morgan fingerprint density at radius 1 is 1.53 bits per heavy atom. The summed E-state index contributed by atoms with van der Waals surface area (Å²) >= 11 is 6.08. The van der Waals surface area contributed by atoms with Crippen molar-refractivity contribution in [3.8, 4) is 0 Å². The van der Waals surface area contributed by atoms with E-state index in [9.17, 15) is 4.79 Å². The molecule has 1 aromatic heterocycles. The maximum Gasteiger partial charge on any atom is 0.287 e. The first-order valence-electron chi connectivity index (χ1n) is 6.82. The lowest BCUT2D eigenvalue weighted by Gasteiger charge is -2.24. The van der Waals surface area contributed by atoms with E-state index in [1.54, 1.807) is 13.2 Å². The van der Waals surface area contributed by atoms with Crippen LogP contribution < -0.4 is 10.9 Å². The van der Waals surface area contributed by atoms with Gasteiger partial charge in [-0.2, -0.15) is 5.10 Å². The van der Waals surface area contributed by atoms with Gasteiger partial charge in [0.1, 0.15) is 5.02 Å². The van der Waals surface area contributed by atoms with Crippen molar-refractivity contribution >= 4 is 17.3 Å². The first-order valence-corrected chi connectivity index (χ1v) is 7.20. The van der Waals surface area contributed by atoms with Crippen LogP contribution in [-0.2, 0) is 7.05 Å². The predicted octanol–water partition coefficient (Wildman–Crippen LogP) is 1.72. The fourth-order valence-corrected chi connectivity index (χ4v) is 2.68. The average molecular weight is 285 g/mol. The van der Waals surface area contributed by atoms with Gasteiger partial charge in [0.05, 0.1) is 11.9 Å². The van der Waals surface area contributed by atoms with Crippen molar-refractivity contribution in [1.29, 1.82) is 0 Å². The Bertz CT molecular complexity index is 488. The van der Waals surface area contributed by atoms with Crippen molar-refractivity contribution in [3.63, 3.8) is 0 Å². The van der Waals surface area contributed by atoms with Crippen LogP contribution >= 0.6 is 11.6 Å². The molecule has 1 aliphatic heterocycles. The quantitative estimate of drug-likeness (QED) is 0.918. The van der Waals surface area contributed by atoms with E-state index < -0.39 is 0 Å². The van der Waals surface area contributed by atoms with Crippen LogP contribution in [0.2, 0.25) is 5.02 Å². The molecule has 1 fully saturated rings. The maximum absolute atomic E-state index is 11.7. The number of halogens is 1. The zero-order chi connectivity index (χ0) is 13.8. The van der Waals surface area contributed by atoms with Crippen LogP contribution in [-0.4, -0.2) is 40.4 Å². The van der Waals surface area contributed by atoms with Gasteiger partial charge in [0, 0.05) is 19.6 Å². The largest absolute Gasteiger partial charge is 0.378 e. The lowest BCUT2D eigenvalue weighted by atomic mass is 10.1. The molecular formula is C13H21ClN4O. The van der Waals surface area contributed by atoms with Gasteiger partial charge in [0.25, 0.3) is 5.56 Å². The van der Waals surface area contributed by atoms with E-state index in [0.29, 0.717) is 11.7 Å². The summed E-state index contributed by atoms with van der Waals surface area (Å²) in [6.45, 7) is 5.37. The van der Waals surface area contributed by atoms with E-state index in [1.807, 2.05) is 0 Å².